The lowest BCUT2D eigenvalue weighted by molar-refractivity contribution is -0.137. The van der Waals surface area contributed by atoms with Gasteiger partial charge in [-0.2, -0.15) is 0 Å². The van der Waals surface area contributed by atoms with Crippen LogP contribution >= 0.6 is 0 Å². The maximum absolute atomic E-state index is 11.0. The summed E-state index contributed by atoms with van der Waals surface area (Å²) in [7, 11) is 0. The molecule has 0 saturated carbocycles. The topological polar surface area (TPSA) is 63.3 Å². The zero-order valence-corrected chi connectivity index (χ0v) is 8.68. The van der Waals surface area contributed by atoms with Crippen LogP contribution in [0.2, 0.25) is 0 Å². The maximum Gasteiger partial charge on any atom is 0.249 e. The van der Waals surface area contributed by atoms with Crippen LogP contribution in [0.25, 0.3) is 0 Å². The Labute approximate surface area is 80.3 Å². The lowest BCUT2D eigenvalue weighted by Crippen LogP contribution is -2.43. The number of carbonyl (C=O) groups is 1. The fourth-order valence-electron chi connectivity index (χ4n) is 1.45. The highest BCUT2D eigenvalue weighted by molar-refractivity contribution is 5.83. The highest BCUT2D eigenvalue weighted by atomic mass is 16.3. The first-order valence-corrected chi connectivity index (χ1v) is 5.09. The Morgan fingerprint density at radius 3 is 2.23 bits per heavy atom. The van der Waals surface area contributed by atoms with Crippen molar-refractivity contribution in [2.45, 2.75) is 58.0 Å². The molecule has 1 unspecified atom stereocenters. The number of rotatable bonds is 7. The minimum Gasteiger partial charge on any atom is -0.380 e. The molecule has 13 heavy (non-hydrogen) atoms. The molecule has 3 heteroatoms. The first kappa shape index (κ1) is 12.4. The molecule has 0 aromatic carbocycles. The van der Waals surface area contributed by atoms with Gasteiger partial charge in [-0.3, -0.25) is 4.79 Å². The van der Waals surface area contributed by atoms with Crippen LogP contribution in [0.5, 0.6) is 0 Å². The molecule has 78 valence electrons. The van der Waals surface area contributed by atoms with Gasteiger partial charge >= 0.3 is 0 Å². The van der Waals surface area contributed by atoms with E-state index in [4.69, 9.17) is 5.73 Å². The van der Waals surface area contributed by atoms with Crippen molar-refractivity contribution in [1.82, 2.24) is 0 Å². The van der Waals surface area contributed by atoms with Crippen molar-refractivity contribution in [3.63, 3.8) is 0 Å². The van der Waals surface area contributed by atoms with E-state index in [-0.39, 0.29) is 0 Å². The minimum absolute atomic E-state index is 0.478. The van der Waals surface area contributed by atoms with Gasteiger partial charge in [0.05, 0.1) is 0 Å². The summed E-state index contributed by atoms with van der Waals surface area (Å²) in [6, 6.07) is 0. The van der Waals surface area contributed by atoms with Gasteiger partial charge in [-0.15, -0.1) is 0 Å². The highest BCUT2D eigenvalue weighted by Crippen LogP contribution is 2.20. The third kappa shape index (κ3) is 4.27. The van der Waals surface area contributed by atoms with E-state index in [0.29, 0.717) is 12.8 Å². The van der Waals surface area contributed by atoms with E-state index < -0.39 is 11.5 Å². The zero-order valence-electron chi connectivity index (χ0n) is 8.68. The van der Waals surface area contributed by atoms with Gasteiger partial charge in [0.15, 0.2) is 0 Å². The van der Waals surface area contributed by atoms with Crippen LogP contribution < -0.4 is 5.73 Å². The molecule has 1 amide bonds. The summed E-state index contributed by atoms with van der Waals surface area (Å²) < 4.78 is 0. The molecule has 1 atom stereocenters. The third-order valence-electron chi connectivity index (χ3n) is 2.32. The van der Waals surface area contributed by atoms with E-state index in [1.54, 1.807) is 0 Å². The summed E-state index contributed by atoms with van der Waals surface area (Å²) in [4.78, 5) is 11.0. The van der Waals surface area contributed by atoms with E-state index >= 15 is 0 Å². The van der Waals surface area contributed by atoms with E-state index in [1.807, 2.05) is 6.92 Å². The summed E-state index contributed by atoms with van der Waals surface area (Å²) in [5.74, 6) is -0.578. The number of amides is 1. The maximum atomic E-state index is 11.0. The van der Waals surface area contributed by atoms with Crippen LogP contribution in [0, 0.1) is 0 Å². The monoisotopic (exact) mass is 187 g/mol. The number of primary amides is 1. The molecule has 0 heterocycles. The molecule has 0 aromatic rings. The SMILES string of the molecule is CCCCCC(O)(CCC)C(N)=O. The average molecular weight is 187 g/mol. The van der Waals surface area contributed by atoms with Gasteiger partial charge < -0.3 is 10.8 Å². The molecule has 0 aliphatic heterocycles. The van der Waals surface area contributed by atoms with Gasteiger partial charge in [0, 0.05) is 0 Å². The van der Waals surface area contributed by atoms with Crippen molar-refractivity contribution in [1.29, 1.82) is 0 Å². The molecule has 0 bridgehead atoms. The number of carbonyl (C=O) groups excluding carboxylic acids is 1. The second-order valence-electron chi connectivity index (χ2n) is 3.60. The number of hydrogen-bond donors (Lipinski definition) is 2. The van der Waals surface area contributed by atoms with Gasteiger partial charge in [0.1, 0.15) is 5.60 Å². The van der Waals surface area contributed by atoms with Crippen molar-refractivity contribution in [3.8, 4) is 0 Å². The predicted molar refractivity (Wildman–Crippen MR) is 53.2 cm³/mol. The quantitative estimate of drug-likeness (QED) is 0.594. The standard InChI is InChI=1S/C10H21NO2/c1-3-5-6-8-10(13,7-4-2)9(11)12/h13H,3-8H2,1-2H3,(H2,11,12). The smallest absolute Gasteiger partial charge is 0.249 e. The van der Waals surface area contributed by atoms with Crippen LogP contribution in [0.4, 0.5) is 0 Å². The van der Waals surface area contributed by atoms with Gasteiger partial charge in [0.2, 0.25) is 5.91 Å². The molecule has 0 radical (unpaired) electrons. The van der Waals surface area contributed by atoms with Gasteiger partial charge in [-0.25, -0.2) is 0 Å². The van der Waals surface area contributed by atoms with Crippen molar-refractivity contribution in [2.24, 2.45) is 5.73 Å². The van der Waals surface area contributed by atoms with Crippen LogP contribution in [-0.2, 0) is 4.79 Å². The molecule has 0 spiro atoms. The van der Waals surface area contributed by atoms with Crippen LogP contribution in [-0.4, -0.2) is 16.6 Å². The van der Waals surface area contributed by atoms with Crippen LogP contribution in [0.3, 0.4) is 0 Å². The molecule has 3 nitrogen and oxygen atoms in total. The van der Waals surface area contributed by atoms with Crippen LogP contribution in [0.1, 0.15) is 52.4 Å². The van der Waals surface area contributed by atoms with Crippen molar-refractivity contribution in [2.75, 3.05) is 0 Å². The van der Waals surface area contributed by atoms with Gasteiger partial charge in [-0.05, 0) is 12.8 Å². The summed E-state index contributed by atoms with van der Waals surface area (Å²) in [6.07, 6.45) is 4.76. The second kappa shape index (κ2) is 5.97. The Bertz CT molecular complexity index is 159. The number of aliphatic hydroxyl groups is 1. The van der Waals surface area contributed by atoms with E-state index in [2.05, 4.69) is 6.92 Å². The zero-order chi connectivity index (χ0) is 10.3. The molecule has 0 aliphatic rings. The lowest BCUT2D eigenvalue weighted by Gasteiger charge is -2.23. The van der Waals surface area contributed by atoms with E-state index in [1.165, 1.54) is 0 Å². The highest BCUT2D eigenvalue weighted by Gasteiger charge is 2.31. The summed E-state index contributed by atoms with van der Waals surface area (Å²) in [5.41, 5.74) is 3.89. The summed E-state index contributed by atoms with van der Waals surface area (Å²) in [6.45, 7) is 4.02. The minimum atomic E-state index is -1.26. The molecule has 0 fully saturated rings. The van der Waals surface area contributed by atoms with Crippen LogP contribution in [0.15, 0.2) is 0 Å². The van der Waals surface area contributed by atoms with E-state index in [9.17, 15) is 9.90 Å². The lowest BCUT2D eigenvalue weighted by atomic mass is 9.91. The molecule has 0 saturated heterocycles. The molecular formula is C10H21NO2. The Morgan fingerprint density at radius 1 is 1.23 bits per heavy atom. The summed E-state index contributed by atoms with van der Waals surface area (Å²) >= 11 is 0. The number of unbranched alkanes of at least 4 members (excludes halogenated alkanes) is 2. The van der Waals surface area contributed by atoms with Crippen molar-refractivity contribution >= 4 is 5.91 Å². The fraction of sp³-hybridized carbons (Fsp3) is 0.900. The van der Waals surface area contributed by atoms with Gasteiger partial charge in [-0.1, -0.05) is 39.5 Å². The fourth-order valence-corrected chi connectivity index (χ4v) is 1.45. The average Bonchev–Trinajstić information content (AvgIpc) is 2.05. The first-order chi connectivity index (χ1) is 6.06. The molecule has 0 aliphatic carbocycles. The van der Waals surface area contributed by atoms with Gasteiger partial charge in [0.25, 0.3) is 0 Å². The third-order valence-corrected chi connectivity index (χ3v) is 2.32. The molecule has 0 rings (SSSR count). The predicted octanol–water partition coefficient (Wildman–Crippen LogP) is 1.58. The Kier molecular flexibility index (Phi) is 5.71. The number of hydrogen-bond acceptors (Lipinski definition) is 2. The largest absolute Gasteiger partial charge is 0.380 e. The normalized spacial score (nSPS) is 15.3. The molecular weight excluding hydrogens is 166 g/mol. The van der Waals surface area contributed by atoms with Crippen molar-refractivity contribution in [3.05, 3.63) is 0 Å². The molecule has 0 aromatic heterocycles. The molecule has 3 N–H and O–H groups in total. The Hall–Kier alpha value is -0.570. The first-order valence-electron chi connectivity index (χ1n) is 5.09. The second-order valence-corrected chi connectivity index (χ2v) is 3.60. The van der Waals surface area contributed by atoms with Crippen molar-refractivity contribution < 1.29 is 9.90 Å². The van der Waals surface area contributed by atoms with E-state index in [0.717, 1.165) is 25.7 Å². The Morgan fingerprint density at radius 2 is 1.85 bits per heavy atom. The summed E-state index contributed by atoms with van der Waals surface area (Å²) in [5, 5.41) is 9.84. The number of nitrogens with two attached hydrogens (primary N) is 1. The Balaban J connectivity index is 4.00.